The number of aromatic nitrogens is 3. The Labute approximate surface area is 125 Å². The van der Waals surface area contributed by atoms with Crippen LogP contribution in [0, 0.1) is 0 Å². The summed E-state index contributed by atoms with van der Waals surface area (Å²) < 4.78 is 1.68. The summed E-state index contributed by atoms with van der Waals surface area (Å²) >= 11 is 16.8. The van der Waals surface area contributed by atoms with Crippen molar-refractivity contribution in [2.75, 3.05) is 12.4 Å². The van der Waals surface area contributed by atoms with Crippen LogP contribution in [0.3, 0.4) is 0 Å². The van der Waals surface area contributed by atoms with Crippen LogP contribution in [-0.4, -0.2) is 26.9 Å². The van der Waals surface area contributed by atoms with Crippen molar-refractivity contribution in [1.82, 2.24) is 20.1 Å². The van der Waals surface area contributed by atoms with E-state index in [9.17, 15) is 0 Å². The highest BCUT2D eigenvalue weighted by Crippen LogP contribution is 2.22. The number of benzene rings is 1. The summed E-state index contributed by atoms with van der Waals surface area (Å²) in [7, 11) is 1.72. The molecule has 2 N–H and O–H groups in total. The molecule has 1 aromatic heterocycles. The molecule has 0 unspecified atom stereocenters. The molecule has 0 atom stereocenters. The zero-order chi connectivity index (χ0) is 13.8. The minimum Gasteiger partial charge on any atom is -0.365 e. The lowest BCUT2D eigenvalue weighted by atomic mass is 10.2. The van der Waals surface area contributed by atoms with E-state index in [1.54, 1.807) is 30.2 Å². The van der Waals surface area contributed by atoms with Gasteiger partial charge in [0.2, 0.25) is 5.95 Å². The average Bonchev–Trinajstić information content (AvgIpc) is 2.81. The molecule has 0 bridgehead atoms. The van der Waals surface area contributed by atoms with Gasteiger partial charge in [0.1, 0.15) is 6.33 Å². The standard InChI is InChI=1S/C11H11Cl2N5S/c1-14-11(19)16-10-15-6-18(17-10)5-7-2-3-8(12)9(13)4-7/h2-4,6H,5H2,1H3,(H2,14,16,17,19). The van der Waals surface area contributed by atoms with Crippen molar-refractivity contribution in [2.24, 2.45) is 0 Å². The summed E-state index contributed by atoms with van der Waals surface area (Å²) in [6.45, 7) is 0.553. The maximum Gasteiger partial charge on any atom is 0.248 e. The van der Waals surface area contributed by atoms with Crippen LogP contribution < -0.4 is 10.6 Å². The number of thiocarbonyl (C=S) groups is 1. The molecule has 100 valence electrons. The minimum absolute atomic E-state index is 0.444. The van der Waals surface area contributed by atoms with E-state index in [1.165, 1.54) is 0 Å². The molecular formula is C11H11Cl2N5S. The van der Waals surface area contributed by atoms with E-state index in [4.69, 9.17) is 35.4 Å². The van der Waals surface area contributed by atoms with Crippen LogP contribution >= 0.6 is 35.4 Å². The third kappa shape index (κ3) is 3.79. The number of halogens is 2. The Balaban J connectivity index is 2.07. The van der Waals surface area contributed by atoms with Gasteiger partial charge in [0.25, 0.3) is 0 Å². The molecule has 0 aliphatic heterocycles. The minimum atomic E-state index is 0.444. The summed E-state index contributed by atoms with van der Waals surface area (Å²) in [5, 5.41) is 11.4. The van der Waals surface area contributed by atoms with E-state index in [0.29, 0.717) is 27.7 Å². The third-order valence-electron chi connectivity index (χ3n) is 2.32. The van der Waals surface area contributed by atoms with Gasteiger partial charge in [0, 0.05) is 7.05 Å². The second-order valence-corrected chi connectivity index (χ2v) is 4.94. The first-order valence-corrected chi connectivity index (χ1v) is 6.57. The van der Waals surface area contributed by atoms with Gasteiger partial charge in [-0.2, -0.15) is 0 Å². The normalized spacial score (nSPS) is 10.3. The van der Waals surface area contributed by atoms with Crippen molar-refractivity contribution in [2.45, 2.75) is 6.54 Å². The highest BCUT2D eigenvalue weighted by atomic mass is 35.5. The Morgan fingerprint density at radius 1 is 1.37 bits per heavy atom. The molecule has 0 saturated heterocycles. The van der Waals surface area contributed by atoms with Crippen molar-refractivity contribution in [1.29, 1.82) is 0 Å². The van der Waals surface area contributed by atoms with Gasteiger partial charge in [-0.05, 0) is 29.9 Å². The first-order chi connectivity index (χ1) is 9.08. The fourth-order valence-corrected chi connectivity index (χ4v) is 1.83. The summed E-state index contributed by atoms with van der Waals surface area (Å²) in [4.78, 5) is 4.09. The lowest BCUT2D eigenvalue weighted by molar-refractivity contribution is 0.687. The quantitative estimate of drug-likeness (QED) is 0.853. The summed E-state index contributed by atoms with van der Waals surface area (Å²) in [6, 6.07) is 5.45. The number of nitrogens with zero attached hydrogens (tertiary/aromatic N) is 3. The number of hydrogen-bond donors (Lipinski definition) is 2. The van der Waals surface area contributed by atoms with E-state index in [2.05, 4.69) is 20.7 Å². The predicted molar refractivity (Wildman–Crippen MR) is 80.9 cm³/mol. The molecule has 5 nitrogen and oxygen atoms in total. The van der Waals surface area contributed by atoms with Crippen LogP contribution in [0.2, 0.25) is 10.0 Å². The first kappa shape index (κ1) is 14.0. The Morgan fingerprint density at radius 3 is 2.84 bits per heavy atom. The second kappa shape index (κ2) is 6.18. The molecule has 0 radical (unpaired) electrons. The van der Waals surface area contributed by atoms with Gasteiger partial charge in [-0.3, -0.25) is 5.32 Å². The van der Waals surface area contributed by atoms with Crippen LogP contribution in [0.15, 0.2) is 24.5 Å². The highest BCUT2D eigenvalue weighted by Gasteiger charge is 2.04. The number of hydrogen-bond acceptors (Lipinski definition) is 3. The van der Waals surface area contributed by atoms with Crippen LogP contribution in [-0.2, 0) is 6.54 Å². The lowest BCUT2D eigenvalue weighted by Crippen LogP contribution is -2.24. The number of nitrogens with one attached hydrogen (secondary N) is 2. The monoisotopic (exact) mass is 315 g/mol. The summed E-state index contributed by atoms with van der Waals surface area (Å²) in [6.07, 6.45) is 1.61. The van der Waals surface area contributed by atoms with E-state index < -0.39 is 0 Å². The van der Waals surface area contributed by atoms with Crippen molar-refractivity contribution in [3.8, 4) is 0 Å². The molecule has 1 heterocycles. The summed E-state index contributed by atoms with van der Waals surface area (Å²) in [5.41, 5.74) is 0.988. The average molecular weight is 316 g/mol. The Hall–Kier alpha value is -1.37. The van der Waals surface area contributed by atoms with E-state index >= 15 is 0 Å². The van der Waals surface area contributed by atoms with Crippen LogP contribution in [0.4, 0.5) is 5.95 Å². The van der Waals surface area contributed by atoms with Gasteiger partial charge < -0.3 is 5.32 Å². The molecule has 0 spiro atoms. The van der Waals surface area contributed by atoms with Gasteiger partial charge in [-0.1, -0.05) is 29.3 Å². The number of anilines is 1. The molecule has 0 aliphatic rings. The van der Waals surface area contributed by atoms with E-state index in [-0.39, 0.29) is 0 Å². The zero-order valence-electron chi connectivity index (χ0n) is 10.0. The Morgan fingerprint density at radius 2 is 2.16 bits per heavy atom. The van der Waals surface area contributed by atoms with Gasteiger partial charge in [0.15, 0.2) is 5.11 Å². The smallest absolute Gasteiger partial charge is 0.248 e. The Bertz CT molecular complexity index is 599. The van der Waals surface area contributed by atoms with Gasteiger partial charge in [-0.25, -0.2) is 9.67 Å². The van der Waals surface area contributed by atoms with Crippen molar-refractivity contribution in [3.05, 3.63) is 40.1 Å². The van der Waals surface area contributed by atoms with Crippen LogP contribution in [0.5, 0.6) is 0 Å². The van der Waals surface area contributed by atoms with Crippen LogP contribution in [0.25, 0.3) is 0 Å². The molecule has 8 heteroatoms. The fourth-order valence-electron chi connectivity index (χ4n) is 1.42. The highest BCUT2D eigenvalue weighted by molar-refractivity contribution is 7.80. The van der Waals surface area contributed by atoms with Gasteiger partial charge in [0.05, 0.1) is 16.6 Å². The SMILES string of the molecule is CNC(=S)Nc1ncn(Cc2ccc(Cl)c(Cl)c2)n1. The largest absolute Gasteiger partial charge is 0.365 e. The molecule has 19 heavy (non-hydrogen) atoms. The third-order valence-corrected chi connectivity index (χ3v) is 3.36. The topological polar surface area (TPSA) is 54.8 Å². The van der Waals surface area contributed by atoms with Crippen molar-refractivity contribution >= 4 is 46.5 Å². The molecular weight excluding hydrogens is 305 g/mol. The van der Waals surface area contributed by atoms with Crippen molar-refractivity contribution in [3.63, 3.8) is 0 Å². The molecule has 2 rings (SSSR count). The molecule has 2 aromatic rings. The molecule has 0 aliphatic carbocycles. The maximum absolute atomic E-state index is 5.96. The van der Waals surface area contributed by atoms with E-state index in [0.717, 1.165) is 5.56 Å². The summed E-state index contributed by atoms with van der Waals surface area (Å²) in [5.74, 6) is 0.444. The Kier molecular flexibility index (Phi) is 4.57. The predicted octanol–water partition coefficient (Wildman–Crippen LogP) is 2.55. The second-order valence-electron chi connectivity index (χ2n) is 3.72. The first-order valence-electron chi connectivity index (χ1n) is 5.40. The molecule has 1 aromatic carbocycles. The lowest BCUT2D eigenvalue weighted by Gasteiger charge is -2.03. The molecule has 0 fully saturated rings. The zero-order valence-corrected chi connectivity index (χ0v) is 12.4. The fraction of sp³-hybridized carbons (Fsp3) is 0.182. The molecule has 0 saturated carbocycles. The van der Waals surface area contributed by atoms with E-state index in [1.807, 2.05) is 6.07 Å². The maximum atomic E-state index is 5.96. The molecule has 0 amide bonds. The van der Waals surface area contributed by atoms with Crippen molar-refractivity contribution < 1.29 is 0 Å². The number of rotatable bonds is 3. The van der Waals surface area contributed by atoms with Gasteiger partial charge >= 0.3 is 0 Å². The van der Waals surface area contributed by atoms with Crippen LogP contribution in [0.1, 0.15) is 5.56 Å². The van der Waals surface area contributed by atoms with Gasteiger partial charge in [-0.15, -0.1) is 5.10 Å².